The van der Waals surface area contributed by atoms with Crippen LogP contribution >= 0.6 is 0 Å². The van der Waals surface area contributed by atoms with Gasteiger partial charge in [0.1, 0.15) is 11.9 Å². The first kappa shape index (κ1) is 15.9. The summed E-state index contributed by atoms with van der Waals surface area (Å²) in [5, 5.41) is 38.5. The van der Waals surface area contributed by atoms with Crippen molar-refractivity contribution in [2.75, 3.05) is 0 Å². The molecule has 0 aromatic rings. The maximum absolute atomic E-state index is 9.71. The zero-order valence-electron chi connectivity index (χ0n) is 13.3. The Kier molecular flexibility index (Phi) is 3.44. The first-order chi connectivity index (χ1) is 10.2. The van der Waals surface area contributed by atoms with Gasteiger partial charge in [-0.3, -0.25) is 0 Å². The van der Waals surface area contributed by atoms with Crippen LogP contribution in [-0.4, -0.2) is 6.10 Å². The highest BCUT2D eigenvalue weighted by molar-refractivity contribution is 5.44. The van der Waals surface area contributed by atoms with Crippen LogP contribution in [0, 0.1) is 67.5 Å². The SMILES string of the molecule is CC1=C2O[C@H](C(C)(C)C)C[C@H]2C(C#N)(C#N)C(C#N)(C#N)C1. The van der Waals surface area contributed by atoms with E-state index in [0.29, 0.717) is 12.2 Å². The van der Waals surface area contributed by atoms with Crippen LogP contribution in [-0.2, 0) is 4.74 Å². The summed E-state index contributed by atoms with van der Waals surface area (Å²) in [4.78, 5) is 0. The third-order valence-electron chi connectivity index (χ3n) is 4.88. The van der Waals surface area contributed by atoms with Crippen molar-refractivity contribution >= 4 is 0 Å². The Hall–Kier alpha value is -2.50. The fraction of sp³-hybridized carbons (Fsp3) is 0.647. The number of rotatable bonds is 0. The number of nitrogens with zero attached hydrogens (tertiary/aromatic N) is 4. The Balaban J connectivity index is 2.67. The van der Waals surface area contributed by atoms with Gasteiger partial charge in [-0.2, -0.15) is 21.0 Å². The Bertz CT molecular complexity index is 671. The molecule has 1 heterocycles. The van der Waals surface area contributed by atoms with Crippen molar-refractivity contribution in [3.8, 4) is 24.3 Å². The fourth-order valence-electron chi connectivity index (χ4n) is 3.48. The van der Waals surface area contributed by atoms with Crippen LogP contribution in [0.4, 0.5) is 0 Å². The predicted octanol–water partition coefficient (Wildman–Crippen LogP) is 3.18. The van der Waals surface area contributed by atoms with Crippen molar-refractivity contribution in [1.82, 2.24) is 0 Å². The van der Waals surface area contributed by atoms with Gasteiger partial charge < -0.3 is 4.74 Å². The maximum atomic E-state index is 9.71. The molecule has 0 N–H and O–H groups in total. The molecular weight excluding hydrogens is 276 g/mol. The minimum atomic E-state index is -1.69. The summed E-state index contributed by atoms with van der Waals surface area (Å²) in [6.07, 6.45) is 0.406. The molecule has 0 bridgehead atoms. The van der Waals surface area contributed by atoms with E-state index in [1.165, 1.54) is 0 Å². The monoisotopic (exact) mass is 294 g/mol. The fourth-order valence-corrected chi connectivity index (χ4v) is 3.48. The van der Waals surface area contributed by atoms with Crippen molar-refractivity contribution in [2.45, 2.75) is 46.6 Å². The van der Waals surface area contributed by atoms with Gasteiger partial charge in [-0.1, -0.05) is 20.8 Å². The molecule has 0 spiro atoms. The topological polar surface area (TPSA) is 104 Å². The summed E-state index contributed by atoms with van der Waals surface area (Å²) >= 11 is 0. The molecule has 5 heteroatoms. The average molecular weight is 294 g/mol. The van der Waals surface area contributed by atoms with Crippen molar-refractivity contribution in [3.63, 3.8) is 0 Å². The zero-order chi connectivity index (χ0) is 16.8. The van der Waals surface area contributed by atoms with Crippen molar-refractivity contribution in [1.29, 1.82) is 21.0 Å². The third-order valence-corrected chi connectivity index (χ3v) is 4.88. The summed E-state index contributed by atoms with van der Waals surface area (Å²) in [6, 6.07) is 7.93. The van der Waals surface area contributed by atoms with Gasteiger partial charge in [0, 0.05) is 6.42 Å². The molecule has 2 atom stereocenters. The smallest absolute Gasteiger partial charge is 0.185 e. The lowest BCUT2D eigenvalue weighted by molar-refractivity contribution is 0.0585. The number of hydrogen-bond donors (Lipinski definition) is 0. The third kappa shape index (κ3) is 1.80. The molecule has 0 saturated carbocycles. The van der Waals surface area contributed by atoms with Gasteiger partial charge >= 0.3 is 0 Å². The largest absolute Gasteiger partial charge is 0.494 e. The van der Waals surface area contributed by atoms with Crippen LogP contribution in [0.5, 0.6) is 0 Å². The molecule has 2 aliphatic rings. The van der Waals surface area contributed by atoms with Crippen LogP contribution in [0.25, 0.3) is 0 Å². The van der Waals surface area contributed by atoms with E-state index in [2.05, 4.69) is 0 Å². The molecular formula is C17H18N4O. The van der Waals surface area contributed by atoms with Gasteiger partial charge in [-0.15, -0.1) is 0 Å². The first-order valence-corrected chi connectivity index (χ1v) is 7.22. The second-order valence-electron chi connectivity index (χ2n) is 7.24. The second kappa shape index (κ2) is 4.76. The summed E-state index contributed by atoms with van der Waals surface area (Å²) < 4.78 is 6.04. The number of hydrogen-bond acceptors (Lipinski definition) is 5. The highest BCUT2D eigenvalue weighted by Gasteiger charge is 2.65. The van der Waals surface area contributed by atoms with Crippen molar-refractivity contribution < 1.29 is 4.74 Å². The lowest BCUT2D eigenvalue weighted by Gasteiger charge is -2.39. The molecule has 1 aliphatic heterocycles. The molecule has 1 aliphatic carbocycles. The van der Waals surface area contributed by atoms with E-state index in [-0.39, 0.29) is 17.9 Å². The number of fused-ring (bicyclic) bond motifs is 1. The summed E-state index contributed by atoms with van der Waals surface area (Å²) in [7, 11) is 0. The van der Waals surface area contributed by atoms with Crippen LogP contribution < -0.4 is 0 Å². The molecule has 0 amide bonds. The lowest BCUT2D eigenvalue weighted by atomic mass is 9.53. The van der Waals surface area contributed by atoms with Gasteiger partial charge in [0.15, 0.2) is 10.8 Å². The van der Waals surface area contributed by atoms with E-state index in [9.17, 15) is 21.0 Å². The van der Waals surface area contributed by atoms with E-state index in [1.54, 1.807) is 0 Å². The Labute approximate surface area is 131 Å². The molecule has 22 heavy (non-hydrogen) atoms. The van der Waals surface area contributed by atoms with E-state index in [0.717, 1.165) is 5.57 Å². The lowest BCUT2D eigenvalue weighted by Crippen LogP contribution is -2.47. The summed E-state index contributed by atoms with van der Waals surface area (Å²) in [5.41, 5.74) is -2.69. The molecule has 2 rings (SSSR count). The van der Waals surface area contributed by atoms with E-state index < -0.39 is 16.7 Å². The Morgan fingerprint density at radius 1 is 1.05 bits per heavy atom. The highest BCUT2D eigenvalue weighted by atomic mass is 16.5. The Morgan fingerprint density at radius 3 is 2.00 bits per heavy atom. The van der Waals surface area contributed by atoms with E-state index >= 15 is 0 Å². The highest BCUT2D eigenvalue weighted by Crippen LogP contribution is 2.60. The van der Waals surface area contributed by atoms with Crippen LogP contribution in [0.15, 0.2) is 11.3 Å². The van der Waals surface area contributed by atoms with Gasteiger partial charge in [0.2, 0.25) is 0 Å². The molecule has 112 valence electrons. The van der Waals surface area contributed by atoms with E-state index in [4.69, 9.17) is 4.74 Å². The maximum Gasteiger partial charge on any atom is 0.185 e. The minimum Gasteiger partial charge on any atom is -0.494 e. The molecule has 0 unspecified atom stereocenters. The molecule has 5 nitrogen and oxygen atoms in total. The van der Waals surface area contributed by atoms with Gasteiger partial charge in [-0.05, 0) is 24.3 Å². The number of nitriles is 4. The number of allylic oxidation sites excluding steroid dienone is 2. The molecule has 1 saturated heterocycles. The summed E-state index contributed by atoms with van der Waals surface area (Å²) in [6.45, 7) is 7.92. The average Bonchev–Trinajstić information content (AvgIpc) is 2.93. The standard InChI is InChI=1S/C17H18N4O/c1-11-6-16(7-18,8-19)17(9-20,10-21)12-5-13(15(2,3)4)22-14(11)12/h12-13H,5-6H2,1-4H3/t12-,13+/m1/s1. The van der Waals surface area contributed by atoms with Crippen LogP contribution in [0.1, 0.15) is 40.5 Å². The predicted molar refractivity (Wildman–Crippen MR) is 77.1 cm³/mol. The minimum absolute atomic E-state index is 0.0732. The first-order valence-electron chi connectivity index (χ1n) is 7.22. The molecule has 0 aromatic heterocycles. The van der Waals surface area contributed by atoms with Gasteiger partial charge in [-0.25, -0.2) is 0 Å². The number of ether oxygens (including phenoxy) is 1. The normalized spacial score (nSPS) is 28.4. The molecule has 0 radical (unpaired) electrons. The zero-order valence-corrected chi connectivity index (χ0v) is 13.3. The van der Waals surface area contributed by atoms with Gasteiger partial charge in [0.05, 0.1) is 30.2 Å². The quantitative estimate of drug-likeness (QED) is 0.682. The second-order valence-corrected chi connectivity index (χ2v) is 7.24. The van der Waals surface area contributed by atoms with Crippen molar-refractivity contribution in [3.05, 3.63) is 11.3 Å². The van der Waals surface area contributed by atoms with E-state index in [1.807, 2.05) is 52.0 Å². The Morgan fingerprint density at radius 2 is 1.59 bits per heavy atom. The van der Waals surface area contributed by atoms with Crippen molar-refractivity contribution in [2.24, 2.45) is 22.2 Å². The molecule has 0 aromatic carbocycles. The molecule has 1 fully saturated rings. The van der Waals surface area contributed by atoms with Gasteiger partial charge in [0.25, 0.3) is 0 Å². The van der Waals surface area contributed by atoms with Crippen LogP contribution in [0.2, 0.25) is 0 Å². The summed E-state index contributed by atoms with van der Waals surface area (Å²) in [5.74, 6) is 0.101. The van der Waals surface area contributed by atoms with Crippen LogP contribution in [0.3, 0.4) is 0 Å².